The second-order valence-electron chi connectivity index (χ2n) is 3.62. The first-order chi connectivity index (χ1) is 6.70. The first-order valence-electron chi connectivity index (χ1n) is 5.01. The molecule has 0 aromatic heterocycles. The van der Waals surface area contributed by atoms with E-state index >= 15 is 0 Å². The molecule has 0 heterocycles. The van der Waals surface area contributed by atoms with E-state index in [1.54, 1.807) is 0 Å². The molecule has 2 nitrogen and oxygen atoms in total. The fourth-order valence-corrected chi connectivity index (χ4v) is 1.38. The van der Waals surface area contributed by atoms with Gasteiger partial charge in [0.05, 0.1) is 5.84 Å². The van der Waals surface area contributed by atoms with Crippen LogP contribution >= 0.6 is 0 Å². The zero-order valence-electron chi connectivity index (χ0n) is 8.90. The normalized spacial score (nSPS) is 14.0. The minimum absolute atomic E-state index is 0.555. The van der Waals surface area contributed by atoms with Gasteiger partial charge in [0.25, 0.3) is 0 Å². The highest BCUT2D eigenvalue weighted by Gasteiger charge is 2.02. The molecule has 0 spiro atoms. The van der Waals surface area contributed by atoms with Crippen molar-refractivity contribution in [3.05, 3.63) is 35.9 Å². The summed E-state index contributed by atoms with van der Waals surface area (Å²) in [6.07, 6.45) is 1.05. The van der Waals surface area contributed by atoms with Crippen molar-refractivity contribution < 1.29 is 0 Å². The lowest BCUT2D eigenvalue weighted by Gasteiger charge is -2.09. The van der Waals surface area contributed by atoms with E-state index in [1.807, 2.05) is 13.0 Å². The number of nitrogens with zero attached hydrogens (tertiary/aromatic N) is 1. The summed E-state index contributed by atoms with van der Waals surface area (Å²) in [4.78, 5) is 4.18. The minimum Gasteiger partial charge on any atom is -0.388 e. The molecule has 0 bridgehead atoms. The number of amidine groups is 1. The maximum atomic E-state index is 5.47. The molecule has 1 rings (SSSR count). The van der Waals surface area contributed by atoms with Crippen LogP contribution in [-0.4, -0.2) is 12.4 Å². The van der Waals surface area contributed by atoms with Gasteiger partial charge in [-0.1, -0.05) is 37.3 Å². The number of hydrogen-bond donors (Lipinski definition) is 1. The molecule has 0 saturated carbocycles. The summed E-state index contributed by atoms with van der Waals surface area (Å²) in [7, 11) is 0. The van der Waals surface area contributed by atoms with E-state index in [-0.39, 0.29) is 0 Å². The highest BCUT2D eigenvalue weighted by Crippen LogP contribution is 2.17. The van der Waals surface area contributed by atoms with Crippen LogP contribution in [0.15, 0.2) is 35.3 Å². The number of rotatable bonds is 4. The van der Waals surface area contributed by atoms with Crippen molar-refractivity contribution in [3.8, 4) is 0 Å². The Kier molecular flexibility index (Phi) is 4.17. The van der Waals surface area contributed by atoms with Crippen LogP contribution in [-0.2, 0) is 0 Å². The van der Waals surface area contributed by atoms with Crippen molar-refractivity contribution in [1.29, 1.82) is 0 Å². The summed E-state index contributed by atoms with van der Waals surface area (Å²) in [5.74, 6) is 1.23. The van der Waals surface area contributed by atoms with Crippen molar-refractivity contribution >= 4 is 5.84 Å². The third kappa shape index (κ3) is 3.60. The highest BCUT2D eigenvalue weighted by molar-refractivity contribution is 5.77. The van der Waals surface area contributed by atoms with Crippen molar-refractivity contribution in [2.75, 3.05) is 6.54 Å². The Balaban J connectivity index is 2.43. The van der Waals surface area contributed by atoms with Crippen LogP contribution in [0.5, 0.6) is 0 Å². The molecular formula is C12H18N2. The SMILES string of the molecule is CC(N)=NCCC(C)c1ccccc1. The summed E-state index contributed by atoms with van der Waals surface area (Å²) in [6.45, 7) is 4.86. The average Bonchev–Trinajstić information content (AvgIpc) is 2.18. The zero-order chi connectivity index (χ0) is 10.4. The Morgan fingerprint density at radius 2 is 2.00 bits per heavy atom. The summed E-state index contributed by atoms with van der Waals surface area (Å²) < 4.78 is 0. The predicted molar refractivity (Wildman–Crippen MR) is 61.6 cm³/mol. The molecule has 76 valence electrons. The van der Waals surface area contributed by atoms with Gasteiger partial charge in [-0.05, 0) is 24.8 Å². The van der Waals surface area contributed by atoms with Gasteiger partial charge in [0.2, 0.25) is 0 Å². The molecular weight excluding hydrogens is 172 g/mol. The van der Waals surface area contributed by atoms with E-state index in [0.717, 1.165) is 13.0 Å². The standard InChI is InChI=1S/C12H18N2/c1-10(8-9-14-11(2)13)12-6-4-3-5-7-12/h3-7,10H,8-9H2,1-2H3,(H2,13,14). The molecule has 0 saturated heterocycles. The Bertz CT molecular complexity index is 286. The van der Waals surface area contributed by atoms with E-state index in [9.17, 15) is 0 Å². The third-order valence-electron chi connectivity index (χ3n) is 2.29. The first-order valence-corrected chi connectivity index (χ1v) is 5.01. The zero-order valence-corrected chi connectivity index (χ0v) is 8.90. The lowest BCUT2D eigenvalue weighted by molar-refractivity contribution is 0.690. The Labute approximate surface area is 85.9 Å². The third-order valence-corrected chi connectivity index (χ3v) is 2.29. The van der Waals surface area contributed by atoms with Crippen molar-refractivity contribution in [2.45, 2.75) is 26.2 Å². The fourth-order valence-electron chi connectivity index (χ4n) is 1.38. The smallest absolute Gasteiger partial charge is 0.0905 e. The molecule has 0 fully saturated rings. The van der Waals surface area contributed by atoms with E-state index in [4.69, 9.17) is 5.73 Å². The number of hydrogen-bond acceptors (Lipinski definition) is 1. The molecule has 1 unspecified atom stereocenters. The van der Waals surface area contributed by atoms with Crippen molar-refractivity contribution in [3.63, 3.8) is 0 Å². The van der Waals surface area contributed by atoms with Gasteiger partial charge in [0.1, 0.15) is 0 Å². The fraction of sp³-hybridized carbons (Fsp3) is 0.417. The minimum atomic E-state index is 0.555. The molecule has 14 heavy (non-hydrogen) atoms. The Hall–Kier alpha value is -1.31. The summed E-state index contributed by atoms with van der Waals surface area (Å²) >= 11 is 0. The molecule has 0 amide bonds. The van der Waals surface area contributed by atoms with Crippen molar-refractivity contribution in [2.24, 2.45) is 10.7 Å². The van der Waals surface area contributed by atoms with Crippen LogP contribution in [0.1, 0.15) is 31.7 Å². The van der Waals surface area contributed by atoms with Gasteiger partial charge >= 0.3 is 0 Å². The van der Waals surface area contributed by atoms with Crippen LogP contribution in [0.4, 0.5) is 0 Å². The van der Waals surface area contributed by atoms with E-state index in [1.165, 1.54) is 5.56 Å². The number of aliphatic imine (C=N–C) groups is 1. The highest BCUT2D eigenvalue weighted by atomic mass is 14.8. The van der Waals surface area contributed by atoms with Crippen LogP contribution in [0.2, 0.25) is 0 Å². The molecule has 1 aromatic carbocycles. The summed E-state index contributed by atoms with van der Waals surface area (Å²) in [5, 5.41) is 0. The molecule has 1 atom stereocenters. The van der Waals surface area contributed by atoms with Gasteiger partial charge in [0, 0.05) is 6.54 Å². The lowest BCUT2D eigenvalue weighted by Crippen LogP contribution is -2.07. The molecule has 0 radical (unpaired) electrons. The van der Waals surface area contributed by atoms with Gasteiger partial charge in [-0.25, -0.2) is 0 Å². The van der Waals surface area contributed by atoms with Crippen LogP contribution in [0.25, 0.3) is 0 Å². The summed E-state index contributed by atoms with van der Waals surface area (Å²) in [6, 6.07) is 10.5. The number of nitrogens with two attached hydrogens (primary N) is 1. The summed E-state index contributed by atoms with van der Waals surface area (Å²) in [5.41, 5.74) is 6.84. The Morgan fingerprint density at radius 1 is 1.36 bits per heavy atom. The molecule has 2 N–H and O–H groups in total. The molecule has 0 aliphatic rings. The van der Waals surface area contributed by atoms with Gasteiger partial charge in [-0.3, -0.25) is 4.99 Å². The van der Waals surface area contributed by atoms with Gasteiger partial charge in [-0.2, -0.15) is 0 Å². The van der Waals surface area contributed by atoms with Crippen LogP contribution in [0, 0.1) is 0 Å². The molecule has 0 aliphatic heterocycles. The second kappa shape index (κ2) is 5.43. The monoisotopic (exact) mass is 190 g/mol. The maximum absolute atomic E-state index is 5.47. The van der Waals surface area contributed by atoms with Crippen molar-refractivity contribution in [1.82, 2.24) is 0 Å². The maximum Gasteiger partial charge on any atom is 0.0905 e. The lowest BCUT2D eigenvalue weighted by atomic mass is 9.98. The molecule has 1 aromatic rings. The molecule has 0 aliphatic carbocycles. The second-order valence-corrected chi connectivity index (χ2v) is 3.62. The van der Waals surface area contributed by atoms with E-state index in [2.05, 4.69) is 36.2 Å². The van der Waals surface area contributed by atoms with Crippen LogP contribution in [0.3, 0.4) is 0 Å². The van der Waals surface area contributed by atoms with Gasteiger partial charge < -0.3 is 5.73 Å². The van der Waals surface area contributed by atoms with E-state index in [0.29, 0.717) is 11.8 Å². The topological polar surface area (TPSA) is 38.4 Å². The average molecular weight is 190 g/mol. The van der Waals surface area contributed by atoms with Gasteiger partial charge in [0.15, 0.2) is 0 Å². The molecule has 2 heteroatoms. The van der Waals surface area contributed by atoms with E-state index < -0.39 is 0 Å². The first kappa shape index (κ1) is 10.8. The quantitative estimate of drug-likeness (QED) is 0.575. The Morgan fingerprint density at radius 3 is 2.57 bits per heavy atom. The predicted octanol–water partition coefficient (Wildman–Crippen LogP) is 2.56. The largest absolute Gasteiger partial charge is 0.388 e. The number of benzene rings is 1. The van der Waals surface area contributed by atoms with Gasteiger partial charge in [-0.15, -0.1) is 0 Å². The van der Waals surface area contributed by atoms with Crippen LogP contribution < -0.4 is 5.73 Å².